The maximum Gasteiger partial charge on any atom is 0.258 e. The standard InChI is InChI=1S/C22H22N6O2S/c1-3-28-19(14(2)23-20(29)15-9-5-4-6-10-15)26-27-22(28)31-13-18-24-17-12-8-7-11-16(17)21(30)25-18/h4-12,14H,3,13H2,1-2H3,(H,23,29)(H,24,25,30)/t14-/m1/s1. The average molecular weight is 435 g/mol. The summed E-state index contributed by atoms with van der Waals surface area (Å²) < 4.78 is 1.96. The van der Waals surface area contributed by atoms with Crippen LogP contribution in [-0.4, -0.2) is 30.6 Å². The second-order valence-corrected chi connectivity index (χ2v) is 7.91. The zero-order chi connectivity index (χ0) is 21.8. The highest BCUT2D eigenvalue weighted by atomic mass is 32.2. The molecule has 9 heteroatoms. The van der Waals surface area contributed by atoms with Gasteiger partial charge < -0.3 is 14.9 Å². The maximum absolute atomic E-state index is 12.5. The number of nitrogens with one attached hydrogen (secondary N) is 2. The fourth-order valence-electron chi connectivity index (χ4n) is 3.29. The molecule has 1 amide bonds. The number of nitrogens with zero attached hydrogens (tertiary/aromatic N) is 4. The lowest BCUT2D eigenvalue weighted by Gasteiger charge is -2.15. The van der Waals surface area contributed by atoms with Gasteiger partial charge in [0.05, 0.1) is 22.7 Å². The lowest BCUT2D eigenvalue weighted by molar-refractivity contribution is 0.0937. The lowest BCUT2D eigenvalue weighted by atomic mass is 10.2. The summed E-state index contributed by atoms with van der Waals surface area (Å²) in [6.45, 7) is 4.53. The topological polar surface area (TPSA) is 106 Å². The second-order valence-electron chi connectivity index (χ2n) is 6.96. The Bertz CT molecular complexity index is 1270. The highest BCUT2D eigenvalue weighted by molar-refractivity contribution is 7.98. The van der Waals surface area contributed by atoms with Crippen molar-refractivity contribution in [2.45, 2.75) is 37.3 Å². The average Bonchev–Trinajstić information content (AvgIpc) is 3.21. The first-order valence-corrected chi connectivity index (χ1v) is 10.9. The van der Waals surface area contributed by atoms with Gasteiger partial charge in [0, 0.05) is 12.1 Å². The summed E-state index contributed by atoms with van der Waals surface area (Å²) in [6, 6.07) is 16.0. The molecule has 31 heavy (non-hydrogen) atoms. The van der Waals surface area contributed by atoms with Crippen LogP contribution in [0.3, 0.4) is 0 Å². The number of benzene rings is 2. The van der Waals surface area contributed by atoms with Gasteiger partial charge in [-0.15, -0.1) is 10.2 Å². The number of aromatic amines is 1. The smallest absolute Gasteiger partial charge is 0.258 e. The summed E-state index contributed by atoms with van der Waals surface area (Å²) >= 11 is 1.44. The molecular weight excluding hydrogens is 412 g/mol. The van der Waals surface area contributed by atoms with Crippen LogP contribution in [0.5, 0.6) is 0 Å². The number of H-pyrrole nitrogens is 1. The predicted octanol–water partition coefficient (Wildman–Crippen LogP) is 3.32. The number of fused-ring (bicyclic) bond motifs is 1. The summed E-state index contributed by atoms with van der Waals surface area (Å²) in [5.41, 5.74) is 1.10. The van der Waals surface area contributed by atoms with E-state index in [1.54, 1.807) is 18.2 Å². The number of carbonyl (C=O) groups excluding carboxylic acids is 1. The van der Waals surface area contributed by atoms with Gasteiger partial charge in [-0.25, -0.2) is 4.98 Å². The minimum atomic E-state index is -0.312. The first-order valence-electron chi connectivity index (χ1n) is 9.96. The molecule has 0 radical (unpaired) electrons. The lowest BCUT2D eigenvalue weighted by Crippen LogP contribution is -2.28. The van der Waals surface area contributed by atoms with Crippen molar-refractivity contribution in [1.29, 1.82) is 0 Å². The van der Waals surface area contributed by atoms with Crippen molar-refractivity contribution in [2.24, 2.45) is 0 Å². The Hall–Kier alpha value is -3.46. The van der Waals surface area contributed by atoms with Gasteiger partial charge in [0.25, 0.3) is 11.5 Å². The molecule has 0 aliphatic rings. The maximum atomic E-state index is 12.5. The number of amides is 1. The summed E-state index contributed by atoms with van der Waals surface area (Å²) in [4.78, 5) is 32.1. The van der Waals surface area contributed by atoms with Crippen LogP contribution in [0.15, 0.2) is 64.5 Å². The van der Waals surface area contributed by atoms with Crippen LogP contribution in [0.25, 0.3) is 10.9 Å². The number of para-hydroxylation sites is 1. The predicted molar refractivity (Wildman–Crippen MR) is 120 cm³/mol. The molecule has 2 aromatic heterocycles. The summed E-state index contributed by atoms with van der Waals surface area (Å²) in [5, 5.41) is 12.8. The van der Waals surface area contributed by atoms with Gasteiger partial charge >= 0.3 is 0 Å². The van der Waals surface area contributed by atoms with Gasteiger partial charge in [-0.05, 0) is 38.1 Å². The van der Waals surface area contributed by atoms with Crippen molar-refractivity contribution in [3.8, 4) is 0 Å². The van der Waals surface area contributed by atoms with Crippen molar-refractivity contribution in [3.05, 3.63) is 82.2 Å². The van der Waals surface area contributed by atoms with E-state index < -0.39 is 0 Å². The first kappa shape index (κ1) is 20.8. The van der Waals surface area contributed by atoms with Crippen molar-refractivity contribution in [3.63, 3.8) is 0 Å². The minimum absolute atomic E-state index is 0.156. The molecule has 4 rings (SSSR count). The molecule has 158 valence electrons. The van der Waals surface area contributed by atoms with Crippen molar-refractivity contribution >= 4 is 28.6 Å². The van der Waals surface area contributed by atoms with E-state index in [1.165, 1.54) is 11.8 Å². The third-order valence-electron chi connectivity index (χ3n) is 4.83. The third-order valence-corrected chi connectivity index (χ3v) is 5.81. The van der Waals surface area contributed by atoms with Crippen LogP contribution in [-0.2, 0) is 12.3 Å². The minimum Gasteiger partial charge on any atom is -0.342 e. The molecule has 2 aromatic carbocycles. The van der Waals surface area contributed by atoms with Gasteiger partial charge in [0.15, 0.2) is 11.0 Å². The fraction of sp³-hybridized carbons (Fsp3) is 0.227. The SMILES string of the molecule is CCn1c(SCc2nc3ccccc3c(=O)[nH]2)nnc1[C@@H](C)NC(=O)c1ccccc1. The first-order chi connectivity index (χ1) is 15.1. The summed E-state index contributed by atoms with van der Waals surface area (Å²) in [6.07, 6.45) is 0. The van der Waals surface area contributed by atoms with E-state index in [0.29, 0.717) is 45.6 Å². The Morgan fingerprint density at radius 1 is 1.13 bits per heavy atom. The second kappa shape index (κ2) is 9.13. The third kappa shape index (κ3) is 4.51. The van der Waals surface area contributed by atoms with E-state index in [0.717, 1.165) is 0 Å². The molecule has 0 saturated carbocycles. The Labute approximate surface area is 183 Å². The van der Waals surface area contributed by atoms with Crippen LogP contribution in [0, 0.1) is 0 Å². The van der Waals surface area contributed by atoms with Gasteiger partial charge in [-0.2, -0.15) is 0 Å². The number of hydrogen-bond donors (Lipinski definition) is 2. The molecule has 1 atom stereocenters. The number of aromatic nitrogens is 5. The largest absolute Gasteiger partial charge is 0.342 e. The van der Waals surface area contributed by atoms with Gasteiger partial charge in [0.1, 0.15) is 5.82 Å². The van der Waals surface area contributed by atoms with Crippen molar-refractivity contribution in [2.75, 3.05) is 0 Å². The molecule has 0 spiro atoms. The molecule has 4 aromatic rings. The van der Waals surface area contributed by atoms with Crippen LogP contribution in [0.1, 0.15) is 41.9 Å². The number of carbonyl (C=O) groups is 1. The zero-order valence-electron chi connectivity index (χ0n) is 17.2. The van der Waals surface area contributed by atoms with E-state index in [9.17, 15) is 9.59 Å². The zero-order valence-corrected chi connectivity index (χ0v) is 18.0. The Morgan fingerprint density at radius 2 is 1.87 bits per heavy atom. The van der Waals surface area contributed by atoms with E-state index in [2.05, 4.69) is 25.5 Å². The van der Waals surface area contributed by atoms with E-state index in [1.807, 2.05) is 54.8 Å². The Kier molecular flexibility index (Phi) is 6.13. The van der Waals surface area contributed by atoms with Crippen molar-refractivity contribution in [1.82, 2.24) is 30.0 Å². The van der Waals surface area contributed by atoms with Gasteiger partial charge in [-0.3, -0.25) is 9.59 Å². The highest BCUT2D eigenvalue weighted by Crippen LogP contribution is 2.23. The van der Waals surface area contributed by atoms with Gasteiger partial charge in [0.2, 0.25) is 0 Å². The Balaban J connectivity index is 1.49. The molecule has 0 fully saturated rings. The van der Waals surface area contributed by atoms with Gasteiger partial charge in [-0.1, -0.05) is 42.1 Å². The molecule has 0 aliphatic heterocycles. The molecule has 0 aliphatic carbocycles. The molecule has 8 nitrogen and oxygen atoms in total. The molecule has 2 N–H and O–H groups in total. The highest BCUT2D eigenvalue weighted by Gasteiger charge is 2.20. The van der Waals surface area contributed by atoms with Crippen LogP contribution in [0.2, 0.25) is 0 Å². The summed E-state index contributed by atoms with van der Waals surface area (Å²) in [5.74, 6) is 1.54. The normalized spacial score (nSPS) is 12.1. The Morgan fingerprint density at radius 3 is 2.65 bits per heavy atom. The molecular formula is C22H22N6O2S. The molecule has 0 bridgehead atoms. The number of hydrogen-bond acceptors (Lipinski definition) is 6. The number of rotatable bonds is 7. The quantitative estimate of drug-likeness (QED) is 0.432. The van der Waals surface area contributed by atoms with Crippen LogP contribution < -0.4 is 10.9 Å². The van der Waals surface area contributed by atoms with Crippen LogP contribution in [0.4, 0.5) is 0 Å². The molecule has 0 unspecified atom stereocenters. The fourth-order valence-corrected chi connectivity index (χ4v) is 4.17. The van der Waals surface area contributed by atoms with E-state index in [-0.39, 0.29) is 17.5 Å². The van der Waals surface area contributed by atoms with Crippen LogP contribution >= 0.6 is 11.8 Å². The number of thioether (sulfide) groups is 1. The van der Waals surface area contributed by atoms with Crippen molar-refractivity contribution < 1.29 is 4.79 Å². The molecule has 0 saturated heterocycles. The van der Waals surface area contributed by atoms with E-state index in [4.69, 9.17) is 0 Å². The van der Waals surface area contributed by atoms with E-state index >= 15 is 0 Å². The monoisotopic (exact) mass is 434 g/mol. The molecule has 2 heterocycles. The summed E-state index contributed by atoms with van der Waals surface area (Å²) in [7, 11) is 0.